The van der Waals surface area contributed by atoms with E-state index < -0.39 is 22.4 Å². The Bertz CT molecular complexity index is 850. The number of fused-ring (bicyclic) bond motifs is 3. The molecule has 0 saturated heterocycles. The molecule has 1 unspecified atom stereocenters. The van der Waals surface area contributed by atoms with E-state index in [4.69, 9.17) is 0 Å². The first-order valence-corrected chi connectivity index (χ1v) is 16.3. The van der Waals surface area contributed by atoms with Gasteiger partial charge >= 0.3 is 6.09 Å². The molecule has 0 aliphatic heterocycles. The molecular weight excluding hydrogens is 354 g/mol. The summed E-state index contributed by atoms with van der Waals surface area (Å²) in [5.74, 6) is 0. The van der Waals surface area contributed by atoms with Gasteiger partial charge in [0, 0.05) is 5.67 Å². The normalized spacial score (nSPS) is 14.5. The van der Waals surface area contributed by atoms with Crippen molar-refractivity contribution in [1.82, 2.24) is 4.57 Å². The Morgan fingerprint density at radius 3 is 2.15 bits per heavy atom. The molecule has 0 spiro atoms. The molecule has 0 bridgehead atoms. The van der Waals surface area contributed by atoms with Gasteiger partial charge in [0.2, 0.25) is 0 Å². The minimum absolute atomic E-state index is 0.0177. The van der Waals surface area contributed by atoms with Crippen molar-refractivity contribution < 1.29 is 9.90 Å². The van der Waals surface area contributed by atoms with Gasteiger partial charge in [-0.25, -0.2) is 4.79 Å². The van der Waals surface area contributed by atoms with Crippen molar-refractivity contribution in [3.05, 3.63) is 59.2 Å². The summed E-state index contributed by atoms with van der Waals surface area (Å²) in [5.41, 5.74) is 6.46. The van der Waals surface area contributed by atoms with E-state index in [9.17, 15) is 9.90 Å². The second-order valence-electron chi connectivity index (χ2n) is 9.30. The average Bonchev–Trinajstić information content (AvgIpc) is 2.88. The van der Waals surface area contributed by atoms with Crippen LogP contribution in [0.15, 0.2) is 42.5 Å². The summed E-state index contributed by atoms with van der Waals surface area (Å²) in [7, 11) is -3.88. The molecule has 3 rings (SSSR count). The summed E-state index contributed by atoms with van der Waals surface area (Å²) in [6.45, 7) is 13.3. The van der Waals surface area contributed by atoms with Gasteiger partial charge in [-0.2, -0.15) is 0 Å². The maximum Gasteiger partial charge on any atom is 0.399 e. The Hall–Kier alpha value is -1.86. The van der Waals surface area contributed by atoms with E-state index in [0.717, 1.165) is 6.42 Å². The van der Waals surface area contributed by atoms with Crippen molar-refractivity contribution in [2.75, 3.05) is 0 Å². The standard InChI is InChI=1S/C21H29NO2Si2/c1-25(2,3)20(22(21(23)24)26(4,5)6)18-13-9-12-17-16-11-8-7-10-15(16)14-19(17)18/h7-13,20H,14H2,1-6H3,(H,23,24). The zero-order valence-electron chi connectivity index (χ0n) is 16.6. The topological polar surface area (TPSA) is 40.5 Å². The van der Waals surface area contributed by atoms with Crippen molar-refractivity contribution in [3.8, 4) is 11.1 Å². The minimum Gasteiger partial charge on any atom is -0.465 e. The number of amides is 1. The molecule has 5 heteroatoms. The third-order valence-electron chi connectivity index (χ3n) is 5.19. The summed E-state index contributed by atoms with van der Waals surface area (Å²) in [4.78, 5) is 12.3. The zero-order valence-corrected chi connectivity index (χ0v) is 18.6. The monoisotopic (exact) mass is 383 g/mol. The molecule has 1 aliphatic rings. The van der Waals surface area contributed by atoms with Gasteiger partial charge in [0.1, 0.15) is 0 Å². The third kappa shape index (κ3) is 3.26. The lowest BCUT2D eigenvalue weighted by molar-refractivity contribution is 0.165. The van der Waals surface area contributed by atoms with Crippen molar-refractivity contribution in [1.29, 1.82) is 0 Å². The molecule has 1 N–H and O–H groups in total. The van der Waals surface area contributed by atoms with Gasteiger partial charge in [0.15, 0.2) is 8.24 Å². The predicted octanol–water partition coefficient (Wildman–Crippen LogP) is 5.99. The van der Waals surface area contributed by atoms with Crippen LogP contribution in [0.1, 0.15) is 22.4 Å². The lowest BCUT2D eigenvalue weighted by Gasteiger charge is -2.45. The highest BCUT2D eigenvalue weighted by molar-refractivity contribution is 6.81. The smallest absolute Gasteiger partial charge is 0.399 e. The third-order valence-corrected chi connectivity index (χ3v) is 9.55. The lowest BCUT2D eigenvalue weighted by atomic mass is 10.0. The van der Waals surface area contributed by atoms with Crippen molar-refractivity contribution in [2.45, 2.75) is 51.4 Å². The maximum absolute atomic E-state index is 12.3. The average molecular weight is 384 g/mol. The number of hydrogen-bond donors (Lipinski definition) is 1. The van der Waals surface area contributed by atoms with Gasteiger partial charge in [0.25, 0.3) is 0 Å². The number of nitrogens with zero attached hydrogens (tertiary/aromatic N) is 1. The Morgan fingerprint density at radius 2 is 1.58 bits per heavy atom. The second-order valence-corrected chi connectivity index (χ2v) is 19.4. The van der Waals surface area contributed by atoms with Gasteiger partial charge in [-0.1, -0.05) is 81.7 Å². The number of hydrogen-bond acceptors (Lipinski definition) is 1. The van der Waals surface area contributed by atoms with Crippen LogP contribution in [-0.4, -0.2) is 32.1 Å². The van der Waals surface area contributed by atoms with Crippen LogP contribution in [0.2, 0.25) is 39.3 Å². The fraction of sp³-hybridized carbons (Fsp3) is 0.381. The van der Waals surface area contributed by atoms with Crippen molar-refractivity contribution >= 4 is 22.4 Å². The molecule has 0 radical (unpaired) electrons. The molecule has 138 valence electrons. The van der Waals surface area contributed by atoms with Crippen LogP contribution >= 0.6 is 0 Å². The van der Waals surface area contributed by atoms with E-state index in [1.165, 1.54) is 27.8 Å². The van der Waals surface area contributed by atoms with Gasteiger partial charge in [-0.3, -0.25) is 0 Å². The number of carbonyl (C=O) groups is 1. The fourth-order valence-corrected chi connectivity index (χ4v) is 10.1. The predicted molar refractivity (Wildman–Crippen MR) is 114 cm³/mol. The van der Waals surface area contributed by atoms with Crippen LogP contribution in [-0.2, 0) is 6.42 Å². The Morgan fingerprint density at radius 1 is 0.962 bits per heavy atom. The van der Waals surface area contributed by atoms with Gasteiger partial charge in [-0.05, 0) is 34.2 Å². The van der Waals surface area contributed by atoms with E-state index in [2.05, 4.69) is 81.7 Å². The molecule has 1 atom stereocenters. The summed E-state index contributed by atoms with van der Waals surface area (Å²) >= 11 is 0. The Kier molecular flexibility index (Phi) is 4.65. The second kappa shape index (κ2) is 6.39. The molecule has 0 aromatic heterocycles. The van der Waals surface area contributed by atoms with Crippen LogP contribution in [0.3, 0.4) is 0 Å². The highest BCUT2D eigenvalue weighted by Crippen LogP contribution is 2.44. The summed E-state index contributed by atoms with van der Waals surface area (Å²) in [6, 6.07) is 15.0. The fourth-order valence-electron chi connectivity index (χ4n) is 4.22. The number of carboxylic acid groups (broad SMARTS) is 1. The van der Waals surface area contributed by atoms with E-state index >= 15 is 0 Å². The van der Waals surface area contributed by atoms with Crippen LogP contribution < -0.4 is 0 Å². The molecule has 0 fully saturated rings. The van der Waals surface area contributed by atoms with Crippen LogP contribution in [0.5, 0.6) is 0 Å². The van der Waals surface area contributed by atoms with Gasteiger partial charge < -0.3 is 9.67 Å². The maximum atomic E-state index is 12.3. The van der Waals surface area contributed by atoms with E-state index in [-0.39, 0.29) is 5.67 Å². The number of rotatable bonds is 4. The zero-order chi connectivity index (χ0) is 19.3. The molecule has 3 nitrogen and oxygen atoms in total. The molecule has 1 aliphatic carbocycles. The molecule has 1 amide bonds. The van der Waals surface area contributed by atoms with Crippen LogP contribution in [0.25, 0.3) is 11.1 Å². The van der Waals surface area contributed by atoms with E-state index in [1.54, 1.807) is 0 Å². The highest BCUT2D eigenvalue weighted by Gasteiger charge is 2.43. The first kappa shape index (κ1) is 18.9. The quantitative estimate of drug-likeness (QED) is 0.562. The Labute approximate surface area is 158 Å². The van der Waals surface area contributed by atoms with Crippen LogP contribution in [0, 0.1) is 0 Å². The highest BCUT2D eigenvalue weighted by atomic mass is 28.3. The molecule has 0 saturated carbocycles. The van der Waals surface area contributed by atoms with Gasteiger partial charge in [-0.15, -0.1) is 0 Å². The largest absolute Gasteiger partial charge is 0.465 e. The van der Waals surface area contributed by atoms with Crippen molar-refractivity contribution in [3.63, 3.8) is 0 Å². The first-order valence-electron chi connectivity index (χ1n) is 9.24. The van der Waals surface area contributed by atoms with Crippen LogP contribution in [0.4, 0.5) is 4.79 Å². The van der Waals surface area contributed by atoms with Crippen molar-refractivity contribution in [2.24, 2.45) is 0 Å². The molecule has 26 heavy (non-hydrogen) atoms. The van der Waals surface area contributed by atoms with Gasteiger partial charge in [0.05, 0.1) is 8.07 Å². The first-order chi connectivity index (χ1) is 12.0. The Balaban J connectivity index is 2.21. The summed E-state index contributed by atoms with van der Waals surface area (Å²) < 4.78 is 1.83. The number of benzene rings is 2. The molecule has 2 aromatic carbocycles. The lowest BCUT2D eigenvalue weighted by Crippen LogP contribution is -2.57. The summed E-state index contributed by atoms with van der Waals surface area (Å²) in [6.07, 6.45) is 0.131. The van der Waals surface area contributed by atoms with E-state index in [1.807, 2.05) is 4.57 Å². The van der Waals surface area contributed by atoms with E-state index in [0.29, 0.717) is 0 Å². The minimum atomic E-state index is -2.05. The SMILES string of the molecule is C[Si](C)(C)C(c1cccc2c1Cc1ccccc1-2)N(C(=O)O)[Si](C)(C)C. The summed E-state index contributed by atoms with van der Waals surface area (Å²) in [5, 5.41) is 10.1. The molecule has 0 heterocycles. The molecular formula is C21H29NO2Si2. The molecule has 2 aromatic rings.